The highest BCUT2D eigenvalue weighted by atomic mass is 16.4. The maximum Gasteiger partial charge on any atom is 0.326 e. The minimum atomic E-state index is -1.13. The molecule has 0 aliphatic carbocycles. The van der Waals surface area contributed by atoms with E-state index < -0.39 is 18.0 Å². The summed E-state index contributed by atoms with van der Waals surface area (Å²) in [5.74, 6) is -1.13. The van der Waals surface area contributed by atoms with Gasteiger partial charge in [-0.15, -0.1) is 0 Å². The summed E-state index contributed by atoms with van der Waals surface area (Å²) in [7, 11) is 0. The van der Waals surface area contributed by atoms with Crippen LogP contribution in [0.4, 0.5) is 4.79 Å². The van der Waals surface area contributed by atoms with Crippen LogP contribution in [0.25, 0.3) is 0 Å². The van der Waals surface area contributed by atoms with Crippen molar-refractivity contribution < 1.29 is 19.8 Å². The van der Waals surface area contributed by atoms with Crippen LogP contribution in [0.5, 0.6) is 0 Å². The summed E-state index contributed by atoms with van der Waals surface area (Å²) < 4.78 is 0. The van der Waals surface area contributed by atoms with E-state index in [0.717, 1.165) is 32.1 Å². The van der Waals surface area contributed by atoms with E-state index in [4.69, 9.17) is 10.2 Å². The summed E-state index contributed by atoms with van der Waals surface area (Å²) in [4.78, 5) is 22.6. The Bertz CT molecular complexity index is 271. The van der Waals surface area contributed by atoms with Gasteiger partial charge < -0.3 is 20.8 Å². The van der Waals surface area contributed by atoms with Gasteiger partial charge in [0.1, 0.15) is 6.04 Å². The van der Waals surface area contributed by atoms with Gasteiger partial charge in [-0.25, -0.2) is 9.59 Å². The smallest absolute Gasteiger partial charge is 0.326 e. The van der Waals surface area contributed by atoms with E-state index in [0.29, 0.717) is 0 Å². The van der Waals surface area contributed by atoms with Gasteiger partial charge in [0.25, 0.3) is 0 Å². The van der Waals surface area contributed by atoms with Crippen LogP contribution in [0.1, 0.15) is 52.4 Å². The van der Waals surface area contributed by atoms with Gasteiger partial charge in [0.2, 0.25) is 0 Å². The fourth-order valence-electron chi connectivity index (χ4n) is 1.86. The number of rotatable bonds is 10. The SMILES string of the molecule is CCCCC(CCC)NC(=O)NC(CCO)C(=O)O. The monoisotopic (exact) mass is 274 g/mol. The molecule has 0 aliphatic rings. The number of hydrogen-bond donors (Lipinski definition) is 4. The molecule has 2 unspecified atom stereocenters. The van der Waals surface area contributed by atoms with Gasteiger partial charge in [-0.3, -0.25) is 0 Å². The van der Waals surface area contributed by atoms with Gasteiger partial charge in [-0.2, -0.15) is 0 Å². The third kappa shape index (κ3) is 8.42. The number of urea groups is 1. The van der Waals surface area contributed by atoms with Crippen LogP contribution in [0, 0.1) is 0 Å². The topological polar surface area (TPSA) is 98.7 Å². The number of aliphatic hydroxyl groups excluding tert-OH is 1. The zero-order valence-electron chi connectivity index (χ0n) is 11.8. The van der Waals surface area contributed by atoms with Gasteiger partial charge in [-0.1, -0.05) is 33.1 Å². The Balaban J connectivity index is 4.25. The molecule has 0 rings (SSSR count). The summed E-state index contributed by atoms with van der Waals surface area (Å²) in [6, 6.07) is -1.44. The fraction of sp³-hybridized carbons (Fsp3) is 0.846. The Kier molecular flexibility index (Phi) is 9.88. The maximum atomic E-state index is 11.7. The highest BCUT2D eigenvalue weighted by Crippen LogP contribution is 2.06. The number of carbonyl (C=O) groups is 2. The molecule has 0 spiro atoms. The standard InChI is InChI=1S/C13H26N2O4/c1-3-5-7-10(6-4-2)14-13(19)15-11(8-9-16)12(17)18/h10-11,16H,3-9H2,1-2H3,(H,17,18)(H2,14,15,19). The molecule has 2 amide bonds. The number of aliphatic hydroxyl groups is 1. The molecular weight excluding hydrogens is 248 g/mol. The van der Waals surface area contributed by atoms with Crippen molar-refractivity contribution in [3.8, 4) is 0 Å². The molecule has 0 aromatic rings. The molecule has 0 heterocycles. The second-order valence-electron chi connectivity index (χ2n) is 4.65. The molecule has 0 aromatic heterocycles. The Hall–Kier alpha value is -1.30. The van der Waals surface area contributed by atoms with Gasteiger partial charge in [0.05, 0.1) is 0 Å². The van der Waals surface area contributed by atoms with Crippen LogP contribution in [0.2, 0.25) is 0 Å². The van der Waals surface area contributed by atoms with Crippen LogP contribution in [-0.2, 0) is 4.79 Å². The second kappa shape index (κ2) is 10.6. The predicted molar refractivity (Wildman–Crippen MR) is 73.0 cm³/mol. The molecule has 0 saturated heterocycles. The lowest BCUT2D eigenvalue weighted by Gasteiger charge is -2.20. The molecule has 2 atom stereocenters. The molecule has 19 heavy (non-hydrogen) atoms. The average Bonchev–Trinajstić information content (AvgIpc) is 2.35. The van der Waals surface area contributed by atoms with Crippen molar-refractivity contribution in [3.63, 3.8) is 0 Å². The van der Waals surface area contributed by atoms with Crippen molar-refractivity contribution in [3.05, 3.63) is 0 Å². The first-order chi connectivity index (χ1) is 9.04. The summed E-state index contributed by atoms with van der Waals surface area (Å²) in [5.41, 5.74) is 0. The Labute approximate surface area is 114 Å². The van der Waals surface area contributed by atoms with Gasteiger partial charge >= 0.3 is 12.0 Å². The molecule has 0 aromatic carbocycles. The number of carbonyl (C=O) groups excluding carboxylic acids is 1. The normalized spacial score (nSPS) is 13.6. The third-order valence-corrected chi connectivity index (χ3v) is 2.90. The largest absolute Gasteiger partial charge is 0.480 e. The molecule has 0 radical (unpaired) electrons. The van der Waals surface area contributed by atoms with Crippen LogP contribution >= 0.6 is 0 Å². The molecule has 0 saturated carbocycles. The van der Waals surface area contributed by atoms with Crippen molar-refractivity contribution >= 4 is 12.0 Å². The van der Waals surface area contributed by atoms with Crippen molar-refractivity contribution in [1.29, 1.82) is 0 Å². The summed E-state index contributed by atoms with van der Waals surface area (Å²) in [5, 5.41) is 22.8. The van der Waals surface area contributed by atoms with E-state index in [-0.39, 0.29) is 19.1 Å². The Morgan fingerprint density at radius 2 is 1.74 bits per heavy atom. The molecule has 0 fully saturated rings. The Morgan fingerprint density at radius 1 is 1.05 bits per heavy atom. The number of unbranched alkanes of at least 4 members (excludes halogenated alkanes) is 1. The van der Waals surface area contributed by atoms with Crippen molar-refractivity contribution in [2.24, 2.45) is 0 Å². The summed E-state index contributed by atoms with van der Waals surface area (Å²) >= 11 is 0. The fourth-order valence-corrected chi connectivity index (χ4v) is 1.86. The molecule has 6 nitrogen and oxygen atoms in total. The van der Waals surface area contributed by atoms with Gasteiger partial charge in [0, 0.05) is 19.1 Å². The number of amides is 2. The quantitative estimate of drug-likeness (QED) is 0.485. The van der Waals surface area contributed by atoms with E-state index in [9.17, 15) is 9.59 Å². The highest BCUT2D eigenvalue weighted by molar-refractivity contribution is 5.82. The number of aliphatic carboxylic acids is 1. The number of hydrogen-bond acceptors (Lipinski definition) is 3. The van der Waals surface area contributed by atoms with E-state index >= 15 is 0 Å². The molecule has 112 valence electrons. The lowest BCUT2D eigenvalue weighted by Crippen LogP contribution is -2.49. The minimum absolute atomic E-state index is 0.0101. The number of carboxylic acid groups (broad SMARTS) is 1. The molecule has 6 heteroatoms. The van der Waals surface area contributed by atoms with Crippen LogP contribution in [0.3, 0.4) is 0 Å². The summed E-state index contributed by atoms with van der Waals surface area (Å²) in [6.07, 6.45) is 4.85. The first-order valence-electron chi connectivity index (χ1n) is 6.95. The van der Waals surface area contributed by atoms with E-state index in [1.807, 2.05) is 6.92 Å². The first-order valence-corrected chi connectivity index (χ1v) is 6.95. The van der Waals surface area contributed by atoms with E-state index in [1.165, 1.54) is 0 Å². The van der Waals surface area contributed by atoms with Crippen molar-refractivity contribution in [1.82, 2.24) is 10.6 Å². The van der Waals surface area contributed by atoms with Gasteiger partial charge in [0.15, 0.2) is 0 Å². The van der Waals surface area contributed by atoms with Crippen LogP contribution < -0.4 is 10.6 Å². The van der Waals surface area contributed by atoms with Gasteiger partial charge in [-0.05, 0) is 12.8 Å². The lowest BCUT2D eigenvalue weighted by molar-refractivity contribution is -0.139. The first kappa shape index (κ1) is 17.7. The van der Waals surface area contributed by atoms with Crippen molar-refractivity contribution in [2.45, 2.75) is 64.5 Å². The van der Waals surface area contributed by atoms with E-state index in [2.05, 4.69) is 17.6 Å². The zero-order valence-corrected chi connectivity index (χ0v) is 11.8. The number of nitrogens with one attached hydrogen (secondary N) is 2. The maximum absolute atomic E-state index is 11.7. The highest BCUT2D eigenvalue weighted by Gasteiger charge is 2.20. The van der Waals surface area contributed by atoms with Crippen molar-refractivity contribution in [2.75, 3.05) is 6.61 Å². The second-order valence-corrected chi connectivity index (χ2v) is 4.65. The molecule has 4 N–H and O–H groups in total. The predicted octanol–water partition coefficient (Wildman–Crippen LogP) is 1.48. The average molecular weight is 274 g/mol. The minimum Gasteiger partial charge on any atom is -0.480 e. The number of carboxylic acids is 1. The van der Waals surface area contributed by atoms with Crippen LogP contribution in [-0.4, -0.2) is 40.9 Å². The van der Waals surface area contributed by atoms with E-state index in [1.54, 1.807) is 0 Å². The summed E-state index contributed by atoms with van der Waals surface area (Å²) in [6.45, 7) is 3.86. The zero-order chi connectivity index (χ0) is 14.7. The van der Waals surface area contributed by atoms with Crippen LogP contribution in [0.15, 0.2) is 0 Å². The lowest BCUT2D eigenvalue weighted by atomic mass is 10.1. The molecular formula is C13H26N2O4. The third-order valence-electron chi connectivity index (χ3n) is 2.90. The Morgan fingerprint density at radius 3 is 2.21 bits per heavy atom. The molecule has 0 bridgehead atoms. The molecule has 0 aliphatic heterocycles.